The third-order valence-electron chi connectivity index (χ3n) is 9.31. The molecule has 0 radical (unpaired) electrons. The maximum Gasteiger partial charge on any atom is 0.305 e. The molecule has 43 heavy (non-hydrogen) atoms. The van der Waals surface area contributed by atoms with E-state index in [-0.39, 0.29) is 25.4 Å². The van der Waals surface area contributed by atoms with Crippen molar-refractivity contribution in [3.05, 3.63) is 47.7 Å². The van der Waals surface area contributed by atoms with E-state index in [4.69, 9.17) is 25.5 Å². The van der Waals surface area contributed by atoms with Crippen LogP contribution in [0.15, 0.2) is 36.4 Å². The van der Waals surface area contributed by atoms with E-state index < -0.39 is 37.0 Å². The van der Waals surface area contributed by atoms with Gasteiger partial charge in [0.05, 0.1) is 24.7 Å². The number of rotatable bonds is 13. The Morgan fingerprint density at radius 3 is 2.07 bits per heavy atom. The Hall–Kier alpha value is -2.80. The van der Waals surface area contributed by atoms with Crippen LogP contribution in [0, 0.1) is 23.2 Å². The minimum Gasteiger partial charge on any atom is -0.481 e. The molecule has 1 amide bonds. The molecule has 0 spiro atoms. The maximum atomic E-state index is 13.0. The van der Waals surface area contributed by atoms with Crippen LogP contribution in [-0.4, -0.2) is 98.7 Å². The molecule has 1 aromatic carbocycles. The Morgan fingerprint density at radius 2 is 1.53 bits per heavy atom. The number of likely N-dealkylation sites (N-methyl/N-ethyl adjacent to an activating group) is 1. The molecular formula is C32H47N3O8. The van der Waals surface area contributed by atoms with Gasteiger partial charge in [0.2, 0.25) is 0 Å². The van der Waals surface area contributed by atoms with Gasteiger partial charge in [0.1, 0.15) is 18.3 Å². The fourth-order valence-electron chi connectivity index (χ4n) is 7.77. The number of aromatic amines is 1. The second kappa shape index (κ2) is 14.8. The number of nitrogens with one attached hydrogen (secondary N) is 3. The highest BCUT2D eigenvalue weighted by molar-refractivity contribution is 5.97. The summed E-state index contributed by atoms with van der Waals surface area (Å²) in [5.74, 6) is 1.53. The van der Waals surface area contributed by atoms with Crippen molar-refractivity contribution < 1.29 is 40.2 Å². The monoisotopic (exact) mass is 601 g/mol. The van der Waals surface area contributed by atoms with Gasteiger partial charge in [0.15, 0.2) is 0 Å². The molecule has 0 saturated heterocycles. The van der Waals surface area contributed by atoms with Gasteiger partial charge >= 0.3 is 5.97 Å². The number of aromatic nitrogens is 1. The third-order valence-corrected chi connectivity index (χ3v) is 9.31. The molecule has 238 valence electrons. The van der Waals surface area contributed by atoms with Gasteiger partial charge in [-0.1, -0.05) is 30.3 Å². The van der Waals surface area contributed by atoms with E-state index in [1.807, 2.05) is 36.4 Å². The summed E-state index contributed by atoms with van der Waals surface area (Å²) in [5, 5.41) is 59.2. The fourth-order valence-corrected chi connectivity index (χ4v) is 7.77. The number of carboxylic acids is 1. The molecule has 4 aliphatic rings. The minimum absolute atomic E-state index is 0.0635. The van der Waals surface area contributed by atoms with Crippen molar-refractivity contribution in [2.45, 2.75) is 75.8 Å². The largest absolute Gasteiger partial charge is 0.481 e. The van der Waals surface area contributed by atoms with Gasteiger partial charge in [-0.25, -0.2) is 0 Å². The van der Waals surface area contributed by atoms with Crippen molar-refractivity contribution in [2.24, 2.45) is 23.2 Å². The topological polar surface area (TPSA) is 195 Å². The molecule has 11 heteroatoms. The van der Waals surface area contributed by atoms with E-state index in [1.54, 1.807) is 7.05 Å². The lowest BCUT2D eigenvalue weighted by Crippen LogP contribution is -2.48. The number of benzene rings is 1. The number of hydrogen-bond donors (Lipinski definition) is 9. The van der Waals surface area contributed by atoms with Gasteiger partial charge in [-0.05, 0) is 86.8 Å². The van der Waals surface area contributed by atoms with E-state index in [0.717, 1.165) is 41.1 Å². The summed E-state index contributed by atoms with van der Waals surface area (Å²) in [4.78, 5) is 27.4. The summed E-state index contributed by atoms with van der Waals surface area (Å²) in [6.45, 7) is -0.419. The first kappa shape index (κ1) is 33.1. The minimum atomic E-state index is -1.55. The zero-order valence-corrected chi connectivity index (χ0v) is 24.8. The smallest absolute Gasteiger partial charge is 0.305 e. The second-order valence-corrected chi connectivity index (χ2v) is 12.8. The first-order valence-electron chi connectivity index (χ1n) is 15.3. The zero-order valence-electron chi connectivity index (χ0n) is 24.8. The first-order chi connectivity index (χ1) is 20.5. The summed E-state index contributed by atoms with van der Waals surface area (Å²) in [5.41, 5.74) is 4.04. The van der Waals surface area contributed by atoms with E-state index in [9.17, 15) is 14.7 Å². The molecule has 4 saturated carbocycles. The van der Waals surface area contributed by atoms with E-state index in [0.29, 0.717) is 11.0 Å². The molecule has 0 aliphatic heterocycles. The predicted molar refractivity (Wildman–Crippen MR) is 160 cm³/mol. The van der Waals surface area contributed by atoms with Gasteiger partial charge in [-0.3, -0.25) is 9.59 Å². The van der Waals surface area contributed by atoms with Crippen molar-refractivity contribution in [2.75, 3.05) is 26.7 Å². The number of aliphatic hydroxyl groups is 5. The molecule has 4 bridgehead atoms. The average Bonchev–Trinajstić information content (AvgIpc) is 3.39. The summed E-state index contributed by atoms with van der Waals surface area (Å²) in [6, 6.07) is 12.0. The van der Waals surface area contributed by atoms with E-state index >= 15 is 0 Å². The molecule has 4 aliphatic carbocycles. The van der Waals surface area contributed by atoms with Crippen LogP contribution in [0.25, 0.3) is 11.3 Å². The van der Waals surface area contributed by atoms with Crippen molar-refractivity contribution in [1.82, 2.24) is 15.6 Å². The number of carbonyl (C=O) groups excluding carboxylic acids is 1. The van der Waals surface area contributed by atoms with Crippen LogP contribution in [0.2, 0.25) is 0 Å². The van der Waals surface area contributed by atoms with Gasteiger partial charge in [0.25, 0.3) is 5.91 Å². The van der Waals surface area contributed by atoms with Crippen LogP contribution in [0.1, 0.15) is 61.0 Å². The fraction of sp³-hybridized carbons (Fsp3) is 0.625. The summed E-state index contributed by atoms with van der Waals surface area (Å²) in [7, 11) is 1.57. The Kier molecular flexibility index (Phi) is 11.4. The van der Waals surface area contributed by atoms with Crippen LogP contribution in [-0.2, 0) is 11.2 Å². The summed E-state index contributed by atoms with van der Waals surface area (Å²) < 4.78 is 0. The number of amides is 1. The van der Waals surface area contributed by atoms with Gasteiger partial charge in [-0.15, -0.1) is 0 Å². The molecule has 2 aromatic rings. The number of aliphatic carboxylic acids is 1. The van der Waals surface area contributed by atoms with Crippen LogP contribution < -0.4 is 10.6 Å². The summed E-state index contributed by atoms with van der Waals surface area (Å²) >= 11 is 0. The van der Waals surface area contributed by atoms with Crippen LogP contribution in [0.4, 0.5) is 0 Å². The lowest BCUT2D eigenvalue weighted by atomic mass is 9.48. The maximum absolute atomic E-state index is 13.0. The average molecular weight is 602 g/mol. The predicted octanol–water partition coefficient (Wildman–Crippen LogP) is 1.29. The first-order valence-corrected chi connectivity index (χ1v) is 15.3. The molecule has 6 rings (SSSR count). The standard InChI is InChI=1S/C25H30N2O3.C7H17NO5/c28-23(29)6-7-26-24(30)20-11-21(19-4-2-1-3-5-19)27-22(20)15-25-12-16-8-17(13-25)10-18(9-16)14-25;1-8-2-4(10)6(12)7(13)5(11)3-9/h1-5,11,16-18,27H,6-10,12-15H2,(H,26,30)(H,28,29);4-13H,2-3H2,1H3/t;4-,5+,6+,7+/m.0/s1. The lowest BCUT2D eigenvalue weighted by molar-refractivity contribution is -0.136. The molecule has 4 fully saturated rings. The van der Waals surface area contributed by atoms with Crippen molar-refractivity contribution >= 4 is 11.9 Å². The number of carboxylic acid groups (broad SMARTS) is 1. The Balaban J connectivity index is 0.000000277. The van der Waals surface area contributed by atoms with Gasteiger partial charge in [0, 0.05) is 24.5 Å². The highest BCUT2D eigenvalue weighted by Crippen LogP contribution is 2.61. The van der Waals surface area contributed by atoms with Crippen molar-refractivity contribution in [3.8, 4) is 11.3 Å². The number of aliphatic hydroxyl groups excluding tert-OH is 5. The highest BCUT2D eigenvalue weighted by Gasteiger charge is 2.51. The van der Waals surface area contributed by atoms with Crippen LogP contribution in [0.5, 0.6) is 0 Å². The molecule has 9 N–H and O–H groups in total. The van der Waals surface area contributed by atoms with Gasteiger partial charge in [-0.2, -0.15) is 0 Å². The van der Waals surface area contributed by atoms with Crippen LogP contribution >= 0.6 is 0 Å². The van der Waals surface area contributed by atoms with Gasteiger partial charge < -0.3 is 46.3 Å². The van der Waals surface area contributed by atoms with Crippen molar-refractivity contribution in [3.63, 3.8) is 0 Å². The number of hydrogen-bond acceptors (Lipinski definition) is 8. The van der Waals surface area contributed by atoms with Crippen LogP contribution in [0.3, 0.4) is 0 Å². The van der Waals surface area contributed by atoms with Crippen molar-refractivity contribution in [1.29, 1.82) is 0 Å². The zero-order chi connectivity index (χ0) is 31.1. The Labute approximate surface area is 252 Å². The normalized spacial score (nSPS) is 26.6. The van der Waals surface area contributed by atoms with E-state index in [2.05, 4.69) is 15.6 Å². The number of H-pyrrole nitrogens is 1. The highest BCUT2D eigenvalue weighted by atomic mass is 16.4. The SMILES string of the molecule is CNC[C@H](O)[C@@H](O)[C@H](O)[C@H](O)CO.O=C(O)CCNC(=O)c1cc(-c2ccccc2)[nH]c1CC12CC3CC(CC(C3)C1)C2. The molecule has 11 nitrogen and oxygen atoms in total. The molecule has 1 aromatic heterocycles. The Morgan fingerprint density at radius 1 is 0.953 bits per heavy atom. The molecule has 4 atom stereocenters. The molecule has 0 unspecified atom stereocenters. The second-order valence-electron chi connectivity index (χ2n) is 12.8. The lowest BCUT2D eigenvalue weighted by Gasteiger charge is -2.57. The molecular weight excluding hydrogens is 554 g/mol. The third kappa shape index (κ3) is 8.43. The van der Waals surface area contributed by atoms with E-state index in [1.165, 1.54) is 38.5 Å². The molecule has 1 heterocycles. The number of carbonyl (C=O) groups is 2. The quantitative estimate of drug-likeness (QED) is 0.163. The summed E-state index contributed by atoms with van der Waals surface area (Å²) in [6.07, 6.45) is 3.30. The Bertz CT molecular complexity index is 1170.